The average molecular weight is 391 g/mol. The smallest absolute Gasteiger partial charge is 0.214 e. The molecule has 0 amide bonds. The number of rotatable bonds is 5. The van der Waals surface area contributed by atoms with Gasteiger partial charge in [0.05, 0.1) is 11.6 Å². The molecule has 4 rings (SSSR count). The van der Waals surface area contributed by atoms with E-state index in [1.54, 1.807) is 0 Å². The summed E-state index contributed by atoms with van der Waals surface area (Å²) in [5.41, 5.74) is 5.81. The highest BCUT2D eigenvalue weighted by Crippen LogP contribution is 2.39. The van der Waals surface area contributed by atoms with Gasteiger partial charge in [0.2, 0.25) is 6.54 Å². The third-order valence-corrected chi connectivity index (χ3v) is 5.29. The summed E-state index contributed by atoms with van der Waals surface area (Å²) in [6.45, 7) is 1.84. The number of aromatic amines is 1. The normalized spacial score (nSPS) is 12.2. The first-order valence-electron chi connectivity index (χ1n) is 9.08. The van der Waals surface area contributed by atoms with Gasteiger partial charge < -0.3 is 4.98 Å². The topological polar surface area (TPSA) is 58.9 Å². The van der Waals surface area contributed by atoms with E-state index in [9.17, 15) is 10.1 Å². The quantitative estimate of drug-likeness (QED) is 0.325. The summed E-state index contributed by atoms with van der Waals surface area (Å²) in [5.74, 6) is -0.363. The lowest BCUT2D eigenvalue weighted by Crippen LogP contribution is -2.14. The Kier molecular flexibility index (Phi) is 4.88. The monoisotopic (exact) mass is 390 g/mol. The van der Waals surface area contributed by atoms with Gasteiger partial charge in [-0.2, -0.15) is 0 Å². The minimum atomic E-state index is -0.363. The third-order valence-electron chi connectivity index (χ3n) is 5.04. The Labute approximate surface area is 167 Å². The first kappa shape index (κ1) is 18.3. The standard InChI is InChI=1S/C23H19ClN2O2/c1-15-6-8-16(9-7-15)20(14-26(27)28)22-19-4-2-3-5-21(19)25-23(22)17-10-12-18(24)13-11-17/h2-13,20,25H,14H2,1H3. The van der Waals surface area contributed by atoms with Crippen molar-refractivity contribution in [3.05, 3.63) is 105 Å². The van der Waals surface area contributed by atoms with E-state index in [0.717, 1.165) is 38.9 Å². The van der Waals surface area contributed by atoms with Gasteiger partial charge in [-0.05, 0) is 41.8 Å². The number of para-hydroxylation sites is 1. The van der Waals surface area contributed by atoms with Crippen molar-refractivity contribution in [3.8, 4) is 11.3 Å². The molecule has 140 valence electrons. The van der Waals surface area contributed by atoms with Crippen molar-refractivity contribution in [1.29, 1.82) is 0 Å². The zero-order valence-electron chi connectivity index (χ0n) is 15.4. The maximum atomic E-state index is 11.6. The van der Waals surface area contributed by atoms with Gasteiger partial charge in [-0.3, -0.25) is 10.1 Å². The number of nitrogens with one attached hydrogen (secondary N) is 1. The van der Waals surface area contributed by atoms with Crippen LogP contribution in [0.4, 0.5) is 0 Å². The lowest BCUT2D eigenvalue weighted by atomic mass is 9.87. The Morgan fingerprint density at radius 2 is 1.68 bits per heavy atom. The molecule has 0 saturated carbocycles. The van der Waals surface area contributed by atoms with Crippen molar-refractivity contribution < 1.29 is 4.92 Å². The number of aromatic nitrogens is 1. The van der Waals surface area contributed by atoms with Crippen LogP contribution in [0, 0.1) is 17.0 Å². The average Bonchev–Trinajstić information content (AvgIpc) is 3.06. The molecule has 0 spiro atoms. The van der Waals surface area contributed by atoms with Crippen molar-refractivity contribution in [2.75, 3.05) is 6.54 Å². The van der Waals surface area contributed by atoms with Crippen LogP contribution in [0.25, 0.3) is 22.2 Å². The van der Waals surface area contributed by atoms with Crippen LogP contribution in [-0.2, 0) is 0 Å². The number of hydrogen-bond acceptors (Lipinski definition) is 2. The van der Waals surface area contributed by atoms with E-state index >= 15 is 0 Å². The van der Waals surface area contributed by atoms with Crippen LogP contribution in [-0.4, -0.2) is 16.5 Å². The van der Waals surface area contributed by atoms with Crippen LogP contribution >= 0.6 is 11.6 Å². The Morgan fingerprint density at radius 1 is 1.00 bits per heavy atom. The van der Waals surface area contributed by atoms with Gasteiger partial charge in [-0.25, -0.2) is 0 Å². The predicted molar refractivity (Wildman–Crippen MR) is 114 cm³/mol. The van der Waals surface area contributed by atoms with Gasteiger partial charge in [0.15, 0.2) is 0 Å². The molecule has 0 aliphatic rings. The van der Waals surface area contributed by atoms with Gasteiger partial charge >= 0.3 is 0 Å². The van der Waals surface area contributed by atoms with Crippen LogP contribution in [0.5, 0.6) is 0 Å². The van der Waals surface area contributed by atoms with Gasteiger partial charge in [-0.15, -0.1) is 0 Å². The Balaban J connectivity index is 1.97. The fraction of sp³-hybridized carbons (Fsp3) is 0.130. The number of aryl methyl sites for hydroxylation is 1. The van der Waals surface area contributed by atoms with Crippen molar-refractivity contribution >= 4 is 22.5 Å². The summed E-state index contributed by atoms with van der Waals surface area (Å²) in [7, 11) is 0. The summed E-state index contributed by atoms with van der Waals surface area (Å²) in [4.78, 5) is 14.8. The van der Waals surface area contributed by atoms with Gasteiger partial charge in [0.1, 0.15) is 0 Å². The molecule has 0 aliphatic carbocycles. The maximum Gasteiger partial charge on any atom is 0.214 e. The molecule has 4 aromatic rings. The van der Waals surface area contributed by atoms with E-state index < -0.39 is 0 Å². The molecule has 1 atom stereocenters. The predicted octanol–water partition coefficient (Wildman–Crippen LogP) is 6.21. The zero-order valence-corrected chi connectivity index (χ0v) is 16.1. The minimum absolute atomic E-state index is 0.175. The van der Waals surface area contributed by atoms with Crippen LogP contribution in [0.15, 0.2) is 72.8 Å². The number of H-pyrrole nitrogens is 1. The number of halogens is 1. The number of nitro groups is 1. The molecule has 0 bridgehead atoms. The number of fused-ring (bicyclic) bond motifs is 1. The number of nitrogens with zero attached hydrogens (tertiary/aromatic N) is 1. The second-order valence-electron chi connectivity index (χ2n) is 6.94. The number of hydrogen-bond donors (Lipinski definition) is 1. The highest BCUT2D eigenvalue weighted by Gasteiger charge is 2.27. The van der Waals surface area contributed by atoms with Crippen molar-refractivity contribution in [2.24, 2.45) is 0 Å². The van der Waals surface area contributed by atoms with Gasteiger partial charge in [-0.1, -0.05) is 71.8 Å². The fourth-order valence-corrected chi connectivity index (χ4v) is 3.81. The summed E-state index contributed by atoms with van der Waals surface area (Å²) >= 11 is 6.06. The van der Waals surface area contributed by atoms with Gasteiger partial charge in [0, 0.05) is 20.8 Å². The fourth-order valence-electron chi connectivity index (χ4n) is 3.68. The summed E-state index contributed by atoms with van der Waals surface area (Å²) in [5, 5.41) is 13.2. The molecule has 0 radical (unpaired) electrons. The van der Waals surface area contributed by atoms with Crippen molar-refractivity contribution in [2.45, 2.75) is 12.8 Å². The summed E-state index contributed by atoms with van der Waals surface area (Å²) < 4.78 is 0. The second-order valence-corrected chi connectivity index (χ2v) is 7.38. The molecular weight excluding hydrogens is 372 g/mol. The molecule has 0 fully saturated rings. The summed E-state index contributed by atoms with van der Waals surface area (Å²) in [6.07, 6.45) is 0. The van der Waals surface area contributed by atoms with E-state index in [2.05, 4.69) is 4.98 Å². The van der Waals surface area contributed by atoms with Crippen molar-refractivity contribution in [3.63, 3.8) is 0 Å². The molecule has 1 heterocycles. The SMILES string of the molecule is Cc1ccc(C(C[N+](=O)[O-])c2c(-c3ccc(Cl)cc3)[nH]c3ccccc23)cc1. The van der Waals surface area contributed by atoms with E-state index in [1.165, 1.54) is 0 Å². The number of benzene rings is 3. The lowest BCUT2D eigenvalue weighted by molar-refractivity contribution is -0.481. The molecule has 0 saturated heterocycles. The molecule has 1 unspecified atom stereocenters. The molecular formula is C23H19ClN2O2. The Morgan fingerprint density at radius 3 is 2.36 bits per heavy atom. The van der Waals surface area contributed by atoms with Crippen LogP contribution in [0.2, 0.25) is 5.02 Å². The Bertz CT molecular complexity index is 1130. The highest BCUT2D eigenvalue weighted by atomic mass is 35.5. The lowest BCUT2D eigenvalue weighted by Gasteiger charge is -2.16. The van der Waals surface area contributed by atoms with E-state index in [-0.39, 0.29) is 17.4 Å². The first-order chi connectivity index (χ1) is 13.5. The van der Waals surface area contributed by atoms with Crippen LogP contribution in [0.3, 0.4) is 0 Å². The third kappa shape index (κ3) is 3.51. The second kappa shape index (κ2) is 7.49. The first-order valence-corrected chi connectivity index (χ1v) is 9.45. The summed E-state index contributed by atoms with van der Waals surface area (Å²) in [6, 6.07) is 23.4. The van der Waals surface area contributed by atoms with Gasteiger partial charge in [0.25, 0.3) is 0 Å². The van der Waals surface area contributed by atoms with E-state index in [1.807, 2.05) is 79.7 Å². The minimum Gasteiger partial charge on any atom is -0.354 e. The Hall–Kier alpha value is -3.11. The van der Waals surface area contributed by atoms with Crippen molar-refractivity contribution in [1.82, 2.24) is 4.98 Å². The molecule has 5 heteroatoms. The largest absolute Gasteiger partial charge is 0.354 e. The molecule has 1 N–H and O–H groups in total. The van der Waals surface area contributed by atoms with E-state index in [4.69, 9.17) is 11.6 Å². The molecule has 3 aromatic carbocycles. The van der Waals surface area contributed by atoms with E-state index in [0.29, 0.717) is 5.02 Å². The van der Waals surface area contributed by atoms with Crippen LogP contribution in [0.1, 0.15) is 22.6 Å². The molecule has 28 heavy (non-hydrogen) atoms. The molecule has 1 aromatic heterocycles. The maximum absolute atomic E-state index is 11.6. The molecule has 4 nitrogen and oxygen atoms in total. The zero-order chi connectivity index (χ0) is 19.7. The highest BCUT2D eigenvalue weighted by molar-refractivity contribution is 6.30. The van der Waals surface area contributed by atoms with Crippen LogP contribution < -0.4 is 0 Å². The molecule has 0 aliphatic heterocycles.